The molecule has 1 aromatic heterocycles. The summed E-state index contributed by atoms with van der Waals surface area (Å²) in [7, 11) is 1.47. The average molecular weight is 243 g/mol. The first-order valence-electron chi connectivity index (χ1n) is 5.18. The maximum absolute atomic E-state index is 12.9. The van der Waals surface area contributed by atoms with Crippen LogP contribution in [0.4, 0.5) is 13.2 Å². The molecule has 0 saturated heterocycles. The van der Waals surface area contributed by atoms with Crippen molar-refractivity contribution in [3.8, 4) is 0 Å². The minimum atomic E-state index is -4.34. The fourth-order valence-electron chi connectivity index (χ4n) is 1.87. The molecule has 2 rings (SSSR count). The maximum atomic E-state index is 12.9. The Balaban J connectivity index is 2.57. The molecule has 0 aliphatic carbocycles. The third-order valence-corrected chi connectivity index (χ3v) is 2.62. The maximum Gasteiger partial charge on any atom is 0.431 e. The van der Waals surface area contributed by atoms with Gasteiger partial charge in [-0.05, 0) is 12.1 Å². The summed E-state index contributed by atoms with van der Waals surface area (Å²) >= 11 is 0. The zero-order valence-electron chi connectivity index (χ0n) is 9.29. The molecule has 0 amide bonds. The van der Waals surface area contributed by atoms with Crippen molar-refractivity contribution < 1.29 is 17.9 Å². The van der Waals surface area contributed by atoms with E-state index in [1.54, 1.807) is 24.3 Å². The van der Waals surface area contributed by atoms with Gasteiger partial charge in [0.05, 0.1) is 6.61 Å². The summed E-state index contributed by atoms with van der Waals surface area (Å²) < 4.78 is 44.6. The number of hydrogen-bond donors (Lipinski definition) is 0. The number of halogens is 3. The molecule has 5 heteroatoms. The van der Waals surface area contributed by atoms with Gasteiger partial charge in [-0.2, -0.15) is 13.2 Å². The molecule has 2 aromatic rings. The van der Waals surface area contributed by atoms with E-state index >= 15 is 0 Å². The molecule has 1 aromatic carbocycles. The third-order valence-electron chi connectivity index (χ3n) is 2.62. The van der Waals surface area contributed by atoms with Crippen molar-refractivity contribution in [2.45, 2.75) is 12.7 Å². The first-order chi connectivity index (χ1) is 8.04. The van der Waals surface area contributed by atoms with Gasteiger partial charge in [-0.15, -0.1) is 0 Å². The van der Waals surface area contributed by atoms with E-state index in [0.717, 1.165) is 0 Å². The Morgan fingerprint density at radius 1 is 1.24 bits per heavy atom. The predicted octanol–water partition coefficient (Wildman–Crippen LogP) is 3.31. The molecule has 92 valence electrons. The van der Waals surface area contributed by atoms with Gasteiger partial charge in [-0.1, -0.05) is 18.2 Å². The monoisotopic (exact) mass is 243 g/mol. The van der Waals surface area contributed by atoms with E-state index < -0.39 is 11.9 Å². The molecule has 0 spiro atoms. The number of methoxy groups -OCH3 is 1. The molecule has 0 N–H and O–H groups in total. The van der Waals surface area contributed by atoms with E-state index in [1.807, 2.05) is 0 Å². The fourth-order valence-corrected chi connectivity index (χ4v) is 1.87. The molecule has 0 saturated carbocycles. The zero-order chi connectivity index (χ0) is 12.5. The van der Waals surface area contributed by atoms with Crippen molar-refractivity contribution in [1.82, 2.24) is 4.57 Å². The van der Waals surface area contributed by atoms with Crippen LogP contribution in [0.25, 0.3) is 10.9 Å². The van der Waals surface area contributed by atoms with Crippen molar-refractivity contribution >= 4 is 10.9 Å². The summed E-state index contributed by atoms with van der Waals surface area (Å²) in [5, 5.41) is 0.593. The Morgan fingerprint density at radius 3 is 2.59 bits per heavy atom. The summed E-state index contributed by atoms with van der Waals surface area (Å²) in [5.41, 5.74) is -0.0485. The molecule has 0 fully saturated rings. The number of rotatable bonds is 3. The molecular weight excluding hydrogens is 231 g/mol. The lowest BCUT2D eigenvalue weighted by Gasteiger charge is -2.12. The smallest absolute Gasteiger partial charge is 0.383 e. The van der Waals surface area contributed by atoms with Crippen LogP contribution in [0.15, 0.2) is 30.3 Å². The van der Waals surface area contributed by atoms with E-state index in [0.29, 0.717) is 10.9 Å². The predicted molar refractivity (Wildman–Crippen MR) is 58.8 cm³/mol. The van der Waals surface area contributed by atoms with Crippen LogP contribution >= 0.6 is 0 Å². The highest BCUT2D eigenvalue weighted by molar-refractivity contribution is 5.81. The second-order valence-corrected chi connectivity index (χ2v) is 3.73. The molecule has 0 bridgehead atoms. The number of ether oxygens (including phenoxy) is 1. The van der Waals surface area contributed by atoms with E-state index in [1.165, 1.54) is 17.7 Å². The molecule has 0 unspecified atom stereocenters. The van der Waals surface area contributed by atoms with Crippen molar-refractivity contribution in [1.29, 1.82) is 0 Å². The highest BCUT2D eigenvalue weighted by atomic mass is 19.4. The first-order valence-corrected chi connectivity index (χ1v) is 5.18. The van der Waals surface area contributed by atoms with Crippen LogP contribution < -0.4 is 0 Å². The Morgan fingerprint density at radius 2 is 1.94 bits per heavy atom. The molecular formula is C12H12F3NO. The second-order valence-electron chi connectivity index (χ2n) is 3.73. The molecule has 17 heavy (non-hydrogen) atoms. The van der Waals surface area contributed by atoms with Crippen LogP contribution in [0.2, 0.25) is 0 Å². The molecule has 2 nitrogen and oxygen atoms in total. The standard InChI is InChI=1S/C12H12F3NO/c1-17-7-6-16-10-5-3-2-4-9(10)8-11(16)12(13,14)15/h2-5,8H,6-7H2,1H3. The molecule has 0 aliphatic rings. The summed E-state index contributed by atoms with van der Waals surface area (Å²) in [6.07, 6.45) is -4.34. The quantitative estimate of drug-likeness (QED) is 0.806. The summed E-state index contributed by atoms with van der Waals surface area (Å²) in [4.78, 5) is 0. The fraction of sp³-hybridized carbons (Fsp3) is 0.333. The van der Waals surface area contributed by atoms with Gasteiger partial charge >= 0.3 is 6.18 Å². The Bertz CT molecular complexity index is 516. The van der Waals surface area contributed by atoms with E-state index in [9.17, 15) is 13.2 Å². The lowest BCUT2D eigenvalue weighted by Crippen LogP contribution is -2.15. The van der Waals surface area contributed by atoms with Gasteiger partial charge in [-0.3, -0.25) is 0 Å². The van der Waals surface area contributed by atoms with Crippen molar-refractivity contribution in [3.05, 3.63) is 36.0 Å². The summed E-state index contributed by atoms with van der Waals surface area (Å²) in [6, 6.07) is 7.98. The topological polar surface area (TPSA) is 14.2 Å². The normalized spacial score (nSPS) is 12.2. The Kier molecular flexibility index (Phi) is 3.11. The van der Waals surface area contributed by atoms with Crippen LogP contribution in [-0.2, 0) is 17.5 Å². The number of aromatic nitrogens is 1. The van der Waals surface area contributed by atoms with Crippen molar-refractivity contribution in [2.75, 3.05) is 13.7 Å². The van der Waals surface area contributed by atoms with E-state index in [-0.39, 0.29) is 13.2 Å². The average Bonchev–Trinajstić information content (AvgIpc) is 2.65. The number of nitrogens with zero attached hydrogens (tertiary/aromatic N) is 1. The van der Waals surface area contributed by atoms with Gasteiger partial charge in [0, 0.05) is 24.6 Å². The SMILES string of the molecule is COCCn1c(C(F)(F)F)cc2ccccc21. The second kappa shape index (κ2) is 4.41. The summed E-state index contributed by atoms with van der Waals surface area (Å²) in [5.74, 6) is 0. The van der Waals surface area contributed by atoms with Crippen LogP contribution in [0.1, 0.15) is 5.69 Å². The minimum absolute atomic E-state index is 0.193. The van der Waals surface area contributed by atoms with Gasteiger partial charge in [0.15, 0.2) is 0 Å². The number of para-hydroxylation sites is 1. The van der Waals surface area contributed by atoms with Crippen LogP contribution in [0.5, 0.6) is 0 Å². The molecule has 0 aliphatic heterocycles. The highest BCUT2D eigenvalue weighted by Gasteiger charge is 2.35. The van der Waals surface area contributed by atoms with Gasteiger partial charge in [0.2, 0.25) is 0 Å². The van der Waals surface area contributed by atoms with Gasteiger partial charge in [0.25, 0.3) is 0 Å². The van der Waals surface area contributed by atoms with Gasteiger partial charge in [0.1, 0.15) is 5.69 Å². The highest BCUT2D eigenvalue weighted by Crippen LogP contribution is 2.33. The molecule has 0 radical (unpaired) electrons. The lowest BCUT2D eigenvalue weighted by molar-refractivity contribution is -0.143. The Labute approximate surface area is 96.6 Å². The van der Waals surface area contributed by atoms with E-state index in [4.69, 9.17) is 4.74 Å². The van der Waals surface area contributed by atoms with Crippen molar-refractivity contribution in [3.63, 3.8) is 0 Å². The zero-order valence-corrected chi connectivity index (χ0v) is 9.29. The summed E-state index contributed by atoms with van der Waals surface area (Å²) in [6.45, 7) is 0.445. The minimum Gasteiger partial charge on any atom is -0.383 e. The first kappa shape index (κ1) is 12.0. The Hall–Kier alpha value is -1.49. The van der Waals surface area contributed by atoms with Gasteiger partial charge in [-0.25, -0.2) is 0 Å². The third kappa shape index (κ3) is 2.29. The van der Waals surface area contributed by atoms with Crippen LogP contribution in [0, 0.1) is 0 Å². The largest absolute Gasteiger partial charge is 0.431 e. The number of fused-ring (bicyclic) bond motifs is 1. The molecule has 0 atom stereocenters. The molecule has 1 heterocycles. The number of alkyl halides is 3. The van der Waals surface area contributed by atoms with Crippen molar-refractivity contribution in [2.24, 2.45) is 0 Å². The van der Waals surface area contributed by atoms with Gasteiger partial charge < -0.3 is 9.30 Å². The van der Waals surface area contributed by atoms with Crippen LogP contribution in [-0.4, -0.2) is 18.3 Å². The number of hydrogen-bond acceptors (Lipinski definition) is 1. The number of benzene rings is 1. The lowest BCUT2D eigenvalue weighted by atomic mass is 10.2. The van der Waals surface area contributed by atoms with E-state index in [2.05, 4.69) is 0 Å². The van der Waals surface area contributed by atoms with Crippen LogP contribution in [0.3, 0.4) is 0 Å².